The van der Waals surface area contributed by atoms with Crippen LogP contribution >= 0.6 is 0 Å². The maximum absolute atomic E-state index is 13.0. The van der Waals surface area contributed by atoms with E-state index in [1.807, 2.05) is 4.90 Å². The summed E-state index contributed by atoms with van der Waals surface area (Å²) in [6.45, 7) is 2.27. The first kappa shape index (κ1) is 18.1. The Morgan fingerprint density at radius 2 is 1.78 bits per heavy atom. The van der Waals surface area contributed by atoms with Crippen LogP contribution in [0.25, 0.3) is 0 Å². The van der Waals surface area contributed by atoms with Crippen LogP contribution in [0, 0.1) is 5.41 Å². The van der Waals surface area contributed by atoms with Crippen molar-refractivity contribution in [2.45, 2.75) is 25.3 Å². The summed E-state index contributed by atoms with van der Waals surface area (Å²) in [6, 6.07) is 1.38. The highest BCUT2D eigenvalue weighted by Gasteiger charge is 2.58. The second-order valence-electron chi connectivity index (χ2n) is 7.48. The number of anilines is 1. The molecule has 1 atom stereocenters. The fourth-order valence-corrected chi connectivity index (χ4v) is 5.44. The number of rotatable bonds is 4. The van der Waals surface area contributed by atoms with E-state index in [1.54, 1.807) is 23.4 Å². The first-order chi connectivity index (χ1) is 12.9. The molecule has 27 heavy (non-hydrogen) atoms. The largest absolute Gasteiger partial charge is 0.351 e. The number of nitrogens with one attached hydrogen (secondary N) is 1. The number of nitrogens with zero attached hydrogens (tertiary/aromatic N) is 4. The highest BCUT2D eigenvalue weighted by molar-refractivity contribution is 7.91. The monoisotopic (exact) mass is 393 g/mol. The first-order valence-corrected chi connectivity index (χ1v) is 11.0. The zero-order valence-corrected chi connectivity index (χ0v) is 15.8. The van der Waals surface area contributed by atoms with Crippen LogP contribution in [0.5, 0.6) is 0 Å². The molecule has 0 bridgehead atoms. The third-order valence-corrected chi connectivity index (χ3v) is 7.33. The van der Waals surface area contributed by atoms with Crippen molar-refractivity contribution in [3.63, 3.8) is 0 Å². The lowest BCUT2D eigenvalue weighted by molar-refractivity contribution is -0.144. The van der Waals surface area contributed by atoms with Gasteiger partial charge in [-0.05, 0) is 25.3 Å². The number of aromatic nitrogens is 2. The van der Waals surface area contributed by atoms with Gasteiger partial charge in [0.1, 0.15) is 5.41 Å². The van der Waals surface area contributed by atoms with Crippen molar-refractivity contribution in [3.8, 4) is 0 Å². The minimum Gasteiger partial charge on any atom is -0.351 e. The van der Waals surface area contributed by atoms with E-state index in [1.165, 1.54) is 0 Å². The Kier molecular flexibility index (Phi) is 4.53. The molecule has 1 unspecified atom stereocenters. The standard InChI is InChI=1S/C17H23N5O4S/c23-14(20-13-2-11-27(25,26)12-13)17(3-4-17)15(24)21-7-9-22(10-8-21)16-18-5-1-6-19-16/h1,5-6,13H,2-4,7-12H2,(H,20,23). The van der Waals surface area contributed by atoms with Gasteiger partial charge >= 0.3 is 0 Å². The van der Waals surface area contributed by atoms with Crippen LogP contribution in [0.3, 0.4) is 0 Å². The maximum Gasteiger partial charge on any atom is 0.238 e. The zero-order valence-electron chi connectivity index (χ0n) is 15.0. The van der Waals surface area contributed by atoms with E-state index in [2.05, 4.69) is 15.3 Å². The molecule has 0 radical (unpaired) electrons. The van der Waals surface area contributed by atoms with Crippen LogP contribution < -0.4 is 10.2 Å². The van der Waals surface area contributed by atoms with E-state index in [0.717, 1.165) is 0 Å². The van der Waals surface area contributed by atoms with E-state index >= 15 is 0 Å². The van der Waals surface area contributed by atoms with Crippen molar-refractivity contribution in [1.82, 2.24) is 20.2 Å². The quantitative estimate of drug-likeness (QED) is 0.667. The van der Waals surface area contributed by atoms with E-state index in [0.29, 0.717) is 51.4 Å². The minimum atomic E-state index is -3.07. The number of amides is 2. The molecule has 3 fully saturated rings. The number of hydrogen-bond acceptors (Lipinski definition) is 7. The fourth-order valence-electron chi connectivity index (χ4n) is 3.76. The summed E-state index contributed by atoms with van der Waals surface area (Å²) in [4.78, 5) is 37.9. The lowest BCUT2D eigenvalue weighted by Gasteiger charge is -2.36. The molecule has 146 valence electrons. The molecule has 2 aliphatic heterocycles. The van der Waals surface area contributed by atoms with Crippen molar-refractivity contribution in [2.24, 2.45) is 5.41 Å². The fraction of sp³-hybridized carbons (Fsp3) is 0.647. The number of sulfone groups is 1. The van der Waals surface area contributed by atoms with Gasteiger partial charge in [-0.2, -0.15) is 0 Å². The van der Waals surface area contributed by atoms with Crippen molar-refractivity contribution < 1.29 is 18.0 Å². The van der Waals surface area contributed by atoms with Crippen LogP contribution in [-0.4, -0.2) is 78.8 Å². The molecule has 1 aromatic rings. The highest BCUT2D eigenvalue weighted by Crippen LogP contribution is 2.48. The van der Waals surface area contributed by atoms with Gasteiger partial charge in [-0.25, -0.2) is 18.4 Å². The zero-order chi connectivity index (χ0) is 19.1. The van der Waals surface area contributed by atoms with E-state index in [-0.39, 0.29) is 29.4 Å². The molecule has 1 aliphatic carbocycles. The maximum atomic E-state index is 13.0. The van der Waals surface area contributed by atoms with Crippen LogP contribution in [0.2, 0.25) is 0 Å². The Morgan fingerprint density at radius 3 is 2.33 bits per heavy atom. The van der Waals surface area contributed by atoms with Gasteiger partial charge in [0, 0.05) is 44.6 Å². The Labute approximate surface area is 158 Å². The molecule has 4 rings (SSSR count). The van der Waals surface area contributed by atoms with Gasteiger partial charge in [0.25, 0.3) is 0 Å². The molecule has 2 saturated heterocycles. The molecule has 9 nitrogen and oxygen atoms in total. The van der Waals surface area contributed by atoms with Crippen molar-refractivity contribution >= 4 is 27.6 Å². The first-order valence-electron chi connectivity index (χ1n) is 9.22. The Hall–Kier alpha value is -2.23. The normalized spacial score (nSPS) is 25.9. The van der Waals surface area contributed by atoms with Crippen molar-refractivity contribution in [3.05, 3.63) is 18.5 Å². The number of carbonyl (C=O) groups is 2. The second kappa shape index (κ2) is 6.74. The van der Waals surface area contributed by atoms with Crippen LogP contribution in [0.1, 0.15) is 19.3 Å². The van der Waals surface area contributed by atoms with Crippen LogP contribution in [0.15, 0.2) is 18.5 Å². The molecular weight excluding hydrogens is 370 g/mol. The predicted molar refractivity (Wildman–Crippen MR) is 97.7 cm³/mol. The van der Waals surface area contributed by atoms with Gasteiger partial charge < -0.3 is 15.1 Å². The molecule has 0 spiro atoms. The van der Waals surface area contributed by atoms with Gasteiger partial charge in [0.15, 0.2) is 9.84 Å². The van der Waals surface area contributed by atoms with Crippen molar-refractivity contribution in [1.29, 1.82) is 0 Å². The third-order valence-electron chi connectivity index (χ3n) is 5.56. The molecular formula is C17H23N5O4S. The number of carbonyl (C=O) groups excluding carboxylic acids is 2. The molecule has 2 amide bonds. The average Bonchev–Trinajstić information content (AvgIpc) is 3.42. The topological polar surface area (TPSA) is 113 Å². The molecule has 0 aromatic carbocycles. The number of hydrogen-bond donors (Lipinski definition) is 1. The average molecular weight is 393 g/mol. The Morgan fingerprint density at radius 1 is 1.11 bits per heavy atom. The highest BCUT2D eigenvalue weighted by atomic mass is 32.2. The van der Waals surface area contributed by atoms with Gasteiger partial charge in [-0.3, -0.25) is 9.59 Å². The van der Waals surface area contributed by atoms with E-state index in [9.17, 15) is 18.0 Å². The third kappa shape index (κ3) is 3.62. The summed E-state index contributed by atoms with van der Waals surface area (Å²) < 4.78 is 23.2. The lowest BCUT2D eigenvalue weighted by atomic mass is 10.0. The summed E-state index contributed by atoms with van der Waals surface area (Å²) in [7, 11) is -3.07. The molecule has 3 aliphatic rings. The summed E-state index contributed by atoms with van der Waals surface area (Å²) in [5.74, 6) is 0.255. The molecule has 1 aromatic heterocycles. The summed E-state index contributed by atoms with van der Waals surface area (Å²) >= 11 is 0. The van der Waals surface area contributed by atoms with E-state index in [4.69, 9.17) is 0 Å². The van der Waals surface area contributed by atoms with Crippen molar-refractivity contribution in [2.75, 3.05) is 42.6 Å². The van der Waals surface area contributed by atoms with Gasteiger partial charge in [-0.1, -0.05) is 0 Å². The second-order valence-corrected chi connectivity index (χ2v) is 9.71. The van der Waals surface area contributed by atoms with Crippen LogP contribution in [0.4, 0.5) is 5.95 Å². The lowest BCUT2D eigenvalue weighted by Crippen LogP contribution is -2.54. The van der Waals surface area contributed by atoms with E-state index < -0.39 is 15.3 Å². The minimum absolute atomic E-state index is 0.0290. The molecule has 3 heterocycles. The Balaban J connectivity index is 1.35. The summed E-state index contributed by atoms with van der Waals surface area (Å²) in [6.07, 6.45) is 4.85. The smallest absolute Gasteiger partial charge is 0.238 e. The Bertz CT molecular complexity index is 832. The van der Waals surface area contributed by atoms with Gasteiger partial charge in [0.05, 0.1) is 11.5 Å². The molecule has 10 heteroatoms. The SMILES string of the molecule is O=C(NC1CCS(=O)(=O)C1)C1(C(=O)N2CCN(c3ncccn3)CC2)CC1. The molecule has 1 saturated carbocycles. The summed E-state index contributed by atoms with van der Waals surface area (Å²) in [5.41, 5.74) is -1.00. The predicted octanol–water partition coefficient (Wildman–Crippen LogP) is -0.791. The van der Waals surface area contributed by atoms with Gasteiger partial charge in [-0.15, -0.1) is 0 Å². The number of piperazine rings is 1. The molecule has 1 N–H and O–H groups in total. The van der Waals surface area contributed by atoms with Gasteiger partial charge in [0.2, 0.25) is 17.8 Å². The van der Waals surface area contributed by atoms with Crippen LogP contribution in [-0.2, 0) is 19.4 Å². The summed E-state index contributed by atoms with van der Waals surface area (Å²) in [5, 5.41) is 2.80.